The van der Waals surface area contributed by atoms with Gasteiger partial charge in [-0.05, 0) is 33.3 Å². The number of benzene rings is 1. The number of anilines is 1. The molecule has 5 rings (SSSR count). The van der Waals surface area contributed by atoms with Crippen LogP contribution < -0.4 is 19.7 Å². The number of para-hydroxylation sites is 1. The molecular formula is C22H26N6O3. The van der Waals surface area contributed by atoms with Crippen LogP contribution in [0.15, 0.2) is 30.6 Å². The first kappa shape index (κ1) is 19.6. The molecule has 0 radical (unpaired) electrons. The Balaban J connectivity index is 1.19. The summed E-state index contributed by atoms with van der Waals surface area (Å²) < 4.78 is 13.7. The van der Waals surface area contributed by atoms with Gasteiger partial charge in [-0.15, -0.1) is 10.2 Å². The summed E-state index contributed by atoms with van der Waals surface area (Å²) in [6.45, 7) is 7.41. The number of aryl methyl sites for hydroxylation is 1. The van der Waals surface area contributed by atoms with Gasteiger partial charge in [0.25, 0.3) is 5.91 Å². The van der Waals surface area contributed by atoms with E-state index in [-0.39, 0.29) is 24.2 Å². The van der Waals surface area contributed by atoms with Crippen molar-refractivity contribution in [3.63, 3.8) is 0 Å². The number of ether oxygens (including phenoxy) is 2. The average molecular weight is 422 g/mol. The predicted molar refractivity (Wildman–Crippen MR) is 115 cm³/mol. The Kier molecular flexibility index (Phi) is 4.68. The highest BCUT2D eigenvalue weighted by Crippen LogP contribution is 2.41. The van der Waals surface area contributed by atoms with Crippen molar-refractivity contribution < 1.29 is 14.3 Å². The van der Waals surface area contributed by atoms with Crippen LogP contribution >= 0.6 is 0 Å². The summed E-state index contributed by atoms with van der Waals surface area (Å²) in [4.78, 5) is 19.1. The molecule has 1 saturated heterocycles. The molecule has 31 heavy (non-hydrogen) atoms. The minimum absolute atomic E-state index is 0.0267. The molecule has 1 fully saturated rings. The maximum absolute atomic E-state index is 12.5. The molecule has 0 saturated carbocycles. The van der Waals surface area contributed by atoms with Gasteiger partial charge in [0.2, 0.25) is 5.65 Å². The second-order valence-electron chi connectivity index (χ2n) is 8.76. The molecule has 0 bridgehead atoms. The number of hydrogen-bond acceptors (Lipinski definition) is 7. The zero-order chi connectivity index (χ0) is 21.6. The lowest BCUT2D eigenvalue weighted by molar-refractivity contribution is -0.123. The summed E-state index contributed by atoms with van der Waals surface area (Å²) in [5, 5.41) is 11.4. The maximum atomic E-state index is 12.5. The van der Waals surface area contributed by atoms with Gasteiger partial charge in [0.15, 0.2) is 23.9 Å². The van der Waals surface area contributed by atoms with Gasteiger partial charge in [-0.3, -0.25) is 9.20 Å². The molecule has 1 N–H and O–H groups in total. The Morgan fingerprint density at radius 2 is 2.23 bits per heavy atom. The number of nitrogens with one attached hydrogen (secondary N) is 1. The van der Waals surface area contributed by atoms with Crippen molar-refractivity contribution in [2.45, 2.75) is 45.3 Å². The summed E-state index contributed by atoms with van der Waals surface area (Å²) in [6.07, 6.45) is 5.27. The molecule has 1 atom stereocenters. The minimum atomic E-state index is -0.253. The molecular weight excluding hydrogens is 396 g/mol. The highest BCUT2D eigenvalue weighted by atomic mass is 16.5. The van der Waals surface area contributed by atoms with Gasteiger partial charge in [-0.1, -0.05) is 12.1 Å². The van der Waals surface area contributed by atoms with Gasteiger partial charge in [-0.2, -0.15) is 0 Å². The highest BCUT2D eigenvalue weighted by Gasteiger charge is 2.32. The third-order valence-corrected chi connectivity index (χ3v) is 5.75. The van der Waals surface area contributed by atoms with Crippen LogP contribution in [0.3, 0.4) is 0 Å². The molecule has 1 aromatic carbocycles. The number of amides is 1. The van der Waals surface area contributed by atoms with Crippen molar-refractivity contribution in [1.82, 2.24) is 24.9 Å². The SMILES string of the molecule is Cc1nnc2c(N3CC[C@H](NC(=O)COc4cccc5c4OC(C)(C)C5)C3)nccn12. The molecule has 0 aliphatic carbocycles. The van der Waals surface area contributed by atoms with Gasteiger partial charge >= 0.3 is 0 Å². The fourth-order valence-electron chi connectivity index (χ4n) is 4.34. The van der Waals surface area contributed by atoms with Crippen LogP contribution in [0, 0.1) is 6.92 Å². The number of nitrogens with zero attached hydrogens (tertiary/aromatic N) is 5. The summed E-state index contributed by atoms with van der Waals surface area (Å²) in [6, 6.07) is 5.84. The first-order chi connectivity index (χ1) is 14.9. The summed E-state index contributed by atoms with van der Waals surface area (Å²) in [5.74, 6) is 2.82. The van der Waals surface area contributed by atoms with E-state index in [2.05, 4.69) is 25.4 Å². The van der Waals surface area contributed by atoms with Gasteiger partial charge in [-0.25, -0.2) is 4.98 Å². The fourth-order valence-corrected chi connectivity index (χ4v) is 4.34. The smallest absolute Gasteiger partial charge is 0.258 e. The van der Waals surface area contributed by atoms with Crippen molar-refractivity contribution in [3.8, 4) is 11.5 Å². The maximum Gasteiger partial charge on any atom is 0.258 e. The molecule has 9 heteroatoms. The zero-order valence-corrected chi connectivity index (χ0v) is 18.0. The van der Waals surface area contributed by atoms with Crippen LogP contribution in [-0.4, -0.2) is 56.8 Å². The van der Waals surface area contributed by atoms with E-state index >= 15 is 0 Å². The third kappa shape index (κ3) is 3.75. The third-order valence-electron chi connectivity index (χ3n) is 5.75. The number of aromatic nitrogens is 4. The van der Waals surface area contributed by atoms with Gasteiger partial charge in [0.05, 0.1) is 0 Å². The zero-order valence-electron chi connectivity index (χ0n) is 18.0. The average Bonchev–Trinajstić information content (AvgIpc) is 3.42. The molecule has 0 unspecified atom stereocenters. The lowest BCUT2D eigenvalue weighted by Gasteiger charge is -2.19. The minimum Gasteiger partial charge on any atom is -0.483 e. The van der Waals surface area contributed by atoms with Gasteiger partial charge in [0.1, 0.15) is 11.4 Å². The molecule has 2 aliphatic rings. The number of fused-ring (bicyclic) bond motifs is 2. The van der Waals surface area contributed by atoms with Crippen LogP contribution in [0.4, 0.5) is 5.82 Å². The lowest BCUT2D eigenvalue weighted by atomic mass is 10.0. The van der Waals surface area contributed by atoms with Crippen molar-refractivity contribution in [3.05, 3.63) is 42.0 Å². The largest absolute Gasteiger partial charge is 0.483 e. The van der Waals surface area contributed by atoms with Crippen molar-refractivity contribution in [2.24, 2.45) is 0 Å². The van der Waals surface area contributed by atoms with E-state index in [9.17, 15) is 4.79 Å². The van der Waals surface area contributed by atoms with E-state index in [1.54, 1.807) is 6.20 Å². The number of hydrogen-bond donors (Lipinski definition) is 1. The molecule has 3 aromatic rings. The van der Waals surface area contributed by atoms with Crippen LogP contribution in [0.5, 0.6) is 11.5 Å². The van der Waals surface area contributed by atoms with Crippen molar-refractivity contribution in [1.29, 1.82) is 0 Å². The Labute approximate surface area is 180 Å². The van der Waals surface area contributed by atoms with E-state index in [0.29, 0.717) is 12.3 Å². The van der Waals surface area contributed by atoms with E-state index in [0.717, 1.165) is 48.0 Å². The molecule has 4 heterocycles. The first-order valence-corrected chi connectivity index (χ1v) is 10.5. The second kappa shape index (κ2) is 7.40. The van der Waals surface area contributed by atoms with Gasteiger partial charge < -0.3 is 19.7 Å². The Morgan fingerprint density at radius 3 is 3.10 bits per heavy atom. The number of carbonyl (C=O) groups excluding carboxylic acids is 1. The van der Waals surface area contributed by atoms with Crippen LogP contribution in [-0.2, 0) is 11.2 Å². The number of carbonyl (C=O) groups is 1. The van der Waals surface area contributed by atoms with Crippen LogP contribution in [0.1, 0.15) is 31.7 Å². The Hall–Kier alpha value is -3.36. The summed E-state index contributed by atoms with van der Waals surface area (Å²) in [7, 11) is 0. The summed E-state index contributed by atoms with van der Waals surface area (Å²) in [5.41, 5.74) is 1.59. The number of rotatable bonds is 5. The summed E-state index contributed by atoms with van der Waals surface area (Å²) >= 11 is 0. The predicted octanol–water partition coefficient (Wildman–Crippen LogP) is 1.92. The molecule has 1 amide bonds. The normalized spacial score (nSPS) is 19.3. The van der Waals surface area contributed by atoms with E-state index in [1.165, 1.54) is 0 Å². The molecule has 2 aliphatic heterocycles. The fraction of sp³-hybridized carbons (Fsp3) is 0.455. The van der Waals surface area contributed by atoms with Crippen molar-refractivity contribution >= 4 is 17.4 Å². The van der Waals surface area contributed by atoms with Gasteiger partial charge in [0, 0.05) is 43.5 Å². The molecule has 2 aromatic heterocycles. The highest BCUT2D eigenvalue weighted by molar-refractivity contribution is 5.78. The monoisotopic (exact) mass is 422 g/mol. The molecule has 9 nitrogen and oxygen atoms in total. The topological polar surface area (TPSA) is 93.9 Å². The molecule has 162 valence electrons. The van der Waals surface area contributed by atoms with E-state index in [1.807, 2.05) is 49.6 Å². The Morgan fingerprint density at radius 1 is 1.35 bits per heavy atom. The van der Waals surface area contributed by atoms with E-state index < -0.39 is 0 Å². The van der Waals surface area contributed by atoms with Crippen molar-refractivity contribution in [2.75, 3.05) is 24.6 Å². The second-order valence-corrected chi connectivity index (χ2v) is 8.76. The quantitative estimate of drug-likeness (QED) is 0.671. The lowest BCUT2D eigenvalue weighted by Crippen LogP contribution is -2.39. The molecule has 0 spiro atoms. The van der Waals surface area contributed by atoms with Crippen LogP contribution in [0.2, 0.25) is 0 Å². The van der Waals surface area contributed by atoms with E-state index in [4.69, 9.17) is 9.47 Å². The Bertz CT molecular complexity index is 1140. The first-order valence-electron chi connectivity index (χ1n) is 10.5. The standard InChI is InChI=1S/C22H26N6O3/c1-14-25-26-21-20(23-8-10-28(14)21)27-9-7-16(12-27)24-18(29)13-30-17-6-4-5-15-11-22(2,3)31-19(15)17/h4-6,8,10,16H,7,9,11-13H2,1-3H3,(H,24,29)/t16-/m0/s1. The van der Waals surface area contributed by atoms with Crippen LogP contribution in [0.25, 0.3) is 5.65 Å².